The summed E-state index contributed by atoms with van der Waals surface area (Å²) in [5.41, 5.74) is 5.81. The van der Waals surface area contributed by atoms with Gasteiger partial charge in [-0.2, -0.15) is 5.10 Å². The molecule has 1 fully saturated rings. The summed E-state index contributed by atoms with van der Waals surface area (Å²) in [4.78, 5) is 12.3. The Hall–Kier alpha value is -2.94. The minimum atomic E-state index is 0.00833. The second-order valence-corrected chi connectivity index (χ2v) is 6.59. The van der Waals surface area contributed by atoms with E-state index in [-0.39, 0.29) is 11.8 Å². The molecule has 0 aliphatic heterocycles. The van der Waals surface area contributed by atoms with Crippen LogP contribution in [0.15, 0.2) is 77.9 Å². The van der Waals surface area contributed by atoms with Gasteiger partial charge in [-0.05, 0) is 47.2 Å². The number of hydrogen-bond acceptors (Lipinski definition) is 2. The summed E-state index contributed by atoms with van der Waals surface area (Å²) >= 11 is 0. The highest BCUT2D eigenvalue weighted by Gasteiger charge is 2.43. The maximum atomic E-state index is 12.3. The van der Waals surface area contributed by atoms with Crippen LogP contribution in [0.4, 0.5) is 0 Å². The molecule has 0 aromatic heterocycles. The normalized spacial score (nSPS) is 19.6. The van der Waals surface area contributed by atoms with E-state index in [0.717, 1.165) is 17.7 Å². The fourth-order valence-corrected chi connectivity index (χ4v) is 3.25. The Balaban J connectivity index is 1.43. The van der Waals surface area contributed by atoms with Crippen molar-refractivity contribution in [3.8, 4) is 0 Å². The third kappa shape index (κ3) is 3.31. The Morgan fingerprint density at radius 2 is 1.68 bits per heavy atom. The summed E-state index contributed by atoms with van der Waals surface area (Å²) in [6.45, 7) is 1.92. The van der Waals surface area contributed by atoms with Crippen molar-refractivity contribution in [1.82, 2.24) is 5.43 Å². The first-order valence-electron chi connectivity index (χ1n) is 8.60. The van der Waals surface area contributed by atoms with Crippen molar-refractivity contribution in [2.45, 2.75) is 19.3 Å². The number of hydrazone groups is 1. The molecule has 0 heterocycles. The average molecular weight is 328 g/mol. The van der Waals surface area contributed by atoms with E-state index in [9.17, 15) is 4.79 Å². The van der Waals surface area contributed by atoms with E-state index in [0.29, 0.717) is 5.92 Å². The zero-order valence-corrected chi connectivity index (χ0v) is 14.1. The monoisotopic (exact) mass is 328 g/mol. The summed E-state index contributed by atoms with van der Waals surface area (Å²) in [5.74, 6) is 0.377. The molecule has 0 radical (unpaired) electrons. The molecule has 4 rings (SSSR count). The molecule has 1 aliphatic carbocycles. The molecule has 124 valence electrons. The van der Waals surface area contributed by atoms with Crippen molar-refractivity contribution >= 4 is 22.4 Å². The number of fused-ring (bicyclic) bond motifs is 1. The molecule has 3 heteroatoms. The molecular weight excluding hydrogens is 308 g/mol. The summed E-state index contributed by atoms with van der Waals surface area (Å²) in [6, 6.07) is 24.7. The molecule has 3 aromatic rings. The number of nitrogens with one attached hydrogen (secondary N) is 1. The minimum absolute atomic E-state index is 0.00833. The molecule has 2 atom stereocenters. The van der Waals surface area contributed by atoms with Gasteiger partial charge in [0.2, 0.25) is 5.91 Å². The molecule has 0 saturated heterocycles. The van der Waals surface area contributed by atoms with Crippen LogP contribution in [0.5, 0.6) is 0 Å². The number of carbonyl (C=O) groups excluding carboxylic acids is 1. The van der Waals surface area contributed by atoms with Gasteiger partial charge in [-0.15, -0.1) is 0 Å². The third-order valence-electron chi connectivity index (χ3n) is 4.86. The van der Waals surface area contributed by atoms with Gasteiger partial charge >= 0.3 is 0 Å². The van der Waals surface area contributed by atoms with Gasteiger partial charge in [0.15, 0.2) is 0 Å². The Morgan fingerprint density at radius 1 is 0.960 bits per heavy atom. The van der Waals surface area contributed by atoms with E-state index in [2.05, 4.69) is 46.9 Å². The second-order valence-electron chi connectivity index (χ2n) is 6.59. The number of hydrogen-bond donors (Lipinski definition) is 1. The summed E-state index contributed by atoms with van der Waals surface area (Å²) in [5, 5.41) is 6.68. The van der Waals surface area contributed by atoms with Crippen LogP contribution in [0.25, 0.3) is 10.8 Å². The summed E-state index contributed by atoms with van der Waals surface area (Å²) < 4.78 is 0. The molecule has 1 saturated carbocycles. The Labute approximate surface area is 147 Å². The van der Waals surface area contributed by atoms with Crippen LogP contribution in [-0.4, -0.2) is 11.6 Å². The molecule has 1 N–H and O–H groups in total. The van der Waals surface area contributed by atoms with Crippen molar-refractivity contribution < 1.29 is 4.79 Å². The first-order valence-corrected chi connectivity index (χ1v) is 8.60. The van der Waals surface area contributed by atoms with E-state index >= 15 is 0 Å². The van der Waals surface area contributed by atoms with Gasteiger partial charge in [0.1, 0.15) is 0 Å². The molecule has 1 aliphatic rings. The van der Waals surface area contributed by atoms with E-state index in [1.165, 1.54) is 16.3 Å². The Morgan fingerprint density at radius 3 is 2.48 bits per heavy atom. The van der Waals surface area contributed by atoms with Gasteiger partial charge in [-0.25, -0.2) is 5.43 Å². The molecule has 3 aromatic carbocycles. The molecule has 3 nitrogen and oxygen atoms in total. The average Bonchev–Trinajstić information content (AvgIpc) is 3.47. The number of amides is 1. The molecule has 25 heavy (non-hydrogen) atoms. The van der Waals surface area contributed by atoms with E-state index < -0.39 is 0 Å². The lowest BCUT2D eigenvalue weighted by Gasteiger charge is -2.05. The van der Waals surface area contributed by atoms with Crippen molar-refractivity contribution in [3.05, 3.63) is 83.9 Å². The quantitative estimate of drug-likeness (QED) is 0.557. The van der Waals surface area contributed by atoms with Crippen LogP contribution in [0.2, 0.25) is 0 Å². The number of nitrogens with zero attached hydrogens (tertiary/aromatic N) is 1. The second kappa shape index (κ2) is 6.52. The fraction of sp³-hybridized carbons (Fsp3) is 0.182. The summed E-state index contributed by atoms with van der Waals surface area (Å²) in [6.07, 6.45) is 0.903. The molecule has 0 unspecified atom stereocenters. The maximum absolute atomic E-state index is 12.3. The maximum Gasteiger partial charge on any atom is 0.243 e. The highest BCUT2D eigenvalue weighted by Crippen LogP contribution is 2.47. The number of carbonyl (C=O) groups is 1. The van der Waals surface area contributed by atoms with Crippen molar-refractivity contribution in [1.29, 1.82) is 0 Å². The number of rotatable bonds is 4. The third-order valence-corrected chi connectivity index (χ3v) is 4.86. The van der Waals surface area contributed by atoms with Crippen LogP contribution < -0.4 is 5.43 Å². The number of benzene rings is 3. The van der Waals surface area contributed by atoms with E-state index in [1.807, 2.05) is 43.3 Å². The lowest BCUT2D eigenvalue weighted by Crippen LogP contribution is -2.21. The molecule has 1 amide bonds. The van der Waals surface area contributed by atoms with Crippen molar-refractivity contribution in [2.75, 3.05) is 0 Å². The summed E-state index contributed by atoms with van der Waals surface area (Å²) in [7, 11) is 0. The minimum Gasteiger partial charge on any atom is -0.273 e. The van der Waals surface area contributed by atoms with Crippen LogP contribution in [0.1, 0.15) is 30.4 Å². The molecule has 0 bridgehead atoms. The first kappa shape index (κ1) is 15.6. The SMILES string of the molecule is C/C(=N/NC(=O)[C@H]1C[C@H]1c1ccccc1)c1ccc2ccccc2c1. The zero-order chi connectivity index (χ0) is 17.2. The van der Waals surface area contributed by atoms with Crippen LogP contribution >= 0.6 is 0 Å². The highest BCUT2D eigenvalue weighted by molar-refractivity contribution is 6.02. The smallest absolute Gasteiger partial charge is 0.243 e. The predicted octanol–water partition coefficient (Wildman–Crippen LogP) is 4.48. The highest BCUT2D eigenvalue weighted by atomic mass is 16.2. The van der Waals surface area contributed by atoms with E-state index in [4.69, 9.17) is 0 Å². The van der Waals surface area contributed by atoms with Gasteiger partial charge in [0.25, 0.3) is 0 Å². The largest absolute Gasteiger partial charge is 0.273 e. The van der Waals surface area contributed by atoms with E-state index in [1.54, 1.807) is 0 Å². The fourth-order valence-electron chi connectivity index (χ4n) is 3.25. The predicted molar refractivity (Wildman–Crippen MR) is 102 cm³/mol. The molecular formula is C22H20N2O. The standard InChI is InChI=1S/C22H20N2O/c1-15(18-12-11-16-7-5-6-10-19(16)13-18)23-24-22(25)21-14-20(21)17-8-3-2-4-9-17/h2-13,20-21H,14H2,1H3,(H,24,25)/b23-15-/t20-,21-/m0/s1. The van der Waals surface area contributed by atoms with Gasteiger partial charge < -0.3 is 0 Å². The first-order chi connectivity index (χ1) is 12.2. The van der Waals surface area contributed by atoms with Gasteiger partial charge in [0, 0.05) is 5.92 Å². The lowest BCUT2D eigenvalue weighted by atomic mass is 10.0. The Kier molecular flexibility index (Phi) is 4.06. The van der Waals surface area contributed by atoms with Crippen LogP contribution in [0.3, 0.4) is 0 Å². The van der Waals surface area contributed by atoms with Gasteiger partial charge in [-0.1, -0.05) is 66.7 Å². The van der Waals surface area contributed by atoms with Gasteiger partial charge in [-0.3, -0.25) is 4.79 Å². The van der Waals surface area contributed by atoms with Gasteiger partial charge in [0.05, 0.1) is 5.71 Å². The lowest BCUT2D eigenvalue weighted by molar-refractivity contribution is -0.122. The Bertz CT molecular complexity index is 946. The molecule has 0 spiro atoms. The van der Waals surface area contributed by atoms with Crippen molar-refractivity contribution in [2.24, 2.45) is 11.0 Å². The van der Waals surface area contributed by atoms with Crippen LogP contribution in [0, 0.1) is 5.92 Å². The topological polar surface area (TPSA) is 41.5 Å². The van der Waals surface area contributed by atoms with Crippen molar-refractivity contribution in [3.63, 3.8) is 0 Å². The van der Waals surface area contributed by atoms with Crippen LogP contribution in [-0.2, 0) is 4.79 Å². The zero-order valence-electron chi connectivity index (χ0n) is 14.1.